The van der Waals surface area contributed by atoms with Gasteiger partial charge in [-0.15, -0.1) is 0 Å². The van der Waals surface area contributed by atoms with Gasteiger partial charge in [0.2, 0.25) is 0 Å². The van der Waals surface area contributed by atoms with Gasteiger partial charge in [-0.3, -0.25) is 0 Å². The maximum atomic E-state index is 10.0. The summed E-state index contributed by atoms with van der Waals surface area (Å²) in [5, 5.41) is 10.7. The fourth-order valence-corrected chi connectivity index (χ4v) is 4.16. The number of halogens is 1. The van der Waals surface area contributed by atoms with Crippen molar-refractivity contribution >= 4 is 23.0 Å². The third kappa shape index (κ3) is 4.37. The minimum atomic E-state index is 0.00857. The Morgan fingerprint density at radius 2 is 2.17 bits per heavy atom. The summed E-state index contributed by atoms with van der Waals surface area (Å²) in [7, 11) is 3.73. The molecule has 0 spiro atoms. The van der Waals surface area contributed by atoms with E-state index in [0.717, 1.165) is 35.7 Å². The second kappa shape index (κ2) is 9.19. The number of ether oxygens (including phenoxy) is 2. The summed E-state index contributed by atoms with van der Waals surface area (Å²) in [5.74, 6) is 1.12. The molecule has 0 unspecified atom stereocenters. The number of hydrogen-bond donors (Lipinski definition) is 1. The van der Waals surface area contributed by atoms with Crippen LogP contribution in [0.2, 0.25) is 5.02 Å². The Morgan fingerprint density at radius 1 is 1.43 bits per heavy atom. The van der Waals surface area contributed by atoms with Gasteiger partial charge in [0.15, 0.2) is 0 Å². The monoisotopic (exact) mass is 430 g/mol. The van der Waals surface area contributed by atoms with E-state index >= 15 is 0 Å². The van der Waals surface area contributed by atoms with E-state index < -0.39 is 0 Å². The molecule has 0 saturated heterocycles. The topological polar surface area (TPSA) is 45.2 Å². The van der Waals surface area contributed by atoms with Gasteiger partial charge in [-0.25, -0.2) is 0 Å². The highest BCUT2D eigenvalue weighted by Crippen LogP contribution is 2.43. The lowest BCUT2D eigenvalue weighted by molar-refractivity contribution is 0.191. The lowest BCUT2D eigenvalue weighted by atomic mass is 9.95. The van der Waals surface area contributed by atoms with Crippen molar-refractivity contribution in [1.82, 2.24) is 4.90 Å². The molecule has 0 aliphatic carbocycles. The normalized spacial score (nSPS) is 18.1. The molecule has 2 aliphatic rings. The zero-order valence-corrected chi connectivity index (χ0v) is 19.0. The lowest BCUT2D eigenvalue weighted by Crippen LogP contribution is -2.38. The van der Waals surface area contributed by atoms with Gasteiger partial charge < -0.3 is 24.4 Å². The summed E-state index contributed by atoms with van der Waals surface area (Å²) < 4.78 is 11.4. The second-order valence-electron chi connectivity index (χ2n) is 8.14. The summed E-state index contributed by atoms with van der Waals surface area (Å²) in [6.07, 6.45) is 4.80. The van der Waals surface area contributed by atoms with Crippen molar-refractivity contribution < 1.29 is 14.6 Å². The molecular formula is C24H31ClN2O3. The Morgan fingerprint density at radius 3 is 2.80 bits per heavy atom. The number of nitrogens with zero attached hydrogens (tertiary/aromatic N) is 2. The van der Waals surface area contributed by atoms with Gasteiger partial charge in [-0.1, -0.05) is 38.6 Å². The number of allylic oxidation sites excluding steroid dienone is 2. The standard InChI is InChI=1S/C24H31ClN2O3/c1-15(2)23-14-30-24-12-22(26(5)8-7-9-29-6)20(25)11-18(24)21-10-16(3)19(17(4)28)13-27(21)23/h10-13,15,23,28H,3-4,7-9,14H2,1-2,5-6H3/t23-/m0/s1. The van der Waals surface area contributed by atoms with Crippen LogP contribution in [-0.4, -0.2) is 50.0 Å². The molecular weight excluding hydrogens is 400 g/mol. The van der Waals surface area contributed by atoms with Crippen LogP contribution in [0, 0.1) is 5.92 Å². The van der Waals surface area contributed by atoms with Crippen molar-refractivity contribution in [3.63, 3.8) is 0 Å². The molecule has 2 aliphatic heterocycles. The van der Waals surface area contributed by atoms with Crippen LogP contribution in [0.3, 0.4) is 0 Å². The SMILES string of the molecule is C=C(O)C1=CN2C(=CC1=C)c1cc(Cl)c(N(C)CCCOC)cc1OC[C@H]2C(C)C. The van der Waals surface area contributed by atoms with E-state index in [2.05, 4.69) is 36.8 Å². The predicted molar refractivity (Wildman–Crippen MR) is 124 cm³/mol. The molecule has 1 aromatic carbocycles. The number of rotatable bonds is 7. The van der Waals surface area contributed by atoms with Crippen molar-refractivity contribution in [3.8, 4) is 5.75 Å². The molecule has 3 rings (SSSR count). The van der Waals surface area contributed by atoms with Crippen molar-refractivity contribution in [2.24, 2.45) is 5.92 Å². The average Bonchev–Trinajstić information content (AvgIpc) is 2.83. The van der Waals surface area contributed by atoms with Crippen LogP contribution in [0.25, 0.3) is 5.70 Å². The number of aliphatic hydroxyl groups is 1. The average molecular weight is 431 g/mol. The summed E-state index contributed by atoms with van der Waals surface area (Å²) in [5.41, 5.74) is 4.15. The van der Waals surface area contributed by atoms with E-state index in [1.165, 1.54) is 0 Å². The largest absolute Gasteiger partial charge is 0.508 e. The molecule has 5 nitrogen and oxygen atoms in total. The van der Waals surface area contributed by atoms with Crippen molar-refractivity contribution in [3.05, 3.63) is 65.1 Å². The second-order valence-corrected chi connectivity index (χ2v) is 8.55. The van der Waals surface area contributed by atoms with Crippen LogP contribution >= 0.6 is 11.6 Å². The first kappa shape index (κ1) is 22.3. The minimum absolute atomic E-state index is 0.00857. The minimum Gasteiger partial charge on any atom is -0.508 e. The van der Waals surface area contributed by atoms with Crippen molar-refractivity contribution in [2.75, 3.05) is 38.8 Å². The molecule has 0 saturated carbocycles. The molecule has 1 N–H and O–H groups in total. The van der Waals surface area contributed by atoms with Crippen LogP contribution in [0.1, 0.15) is 25.8 Å². The third-order valence-electron chi connectivity index (χ3n) is 5.63. The zero-order chi connectivity index (χ0) is 22.0. The number of hydrogen-bond acceptors (Lipinski definition) is 5. The summed E-state index contributed by atoms with van der Waals surface area (Å²) in [6, 6.07) is 4.06. The smallest absolute Gasteiger partial charge is 0.130 e. The van der Waals surface area contributed by atoms with E-state index in [0.29, 0.717) is 35.3 Å². The number of benzene rings is 1. The van der Waals surface area contributed by atoms with Crippen LogP contribution in [0.15, 0.2) is 54.5 Å². The molecule has 162 valence electrons. The molecule has 1 atom stereocenters. The van der Waals surface area contributed by atoms with Crippen LogP contribution in [0.5, 0.6) is 5.75 Å². The van der Waals surface area contributed by atoms with Gasteiger partial charge in [0, 0.05) is 50.7 Å². The molecule has 2 heterocycles. The highest BCUT2D eigenvalue weighted by Gasteiger charge is 2.33. The van der Waals surface area contributed by atoms with Gasteiger partial charge in [-0.05, 0) is 30.1 Å². The molecule has 0 aromatic heterocycles. The van der Waals surface area contributed by atoms with E-state index in [9.17, 15) is 5.11 Å². The molecule has 30 heavy (non-hydrogen) atoms. The van der Waals surface area contributed by atoms with Gasteiger partial charge in [0.1, 0.15) is 18.1 Å². The number of aliphatic hydroxyl groups excluding tert-OH is 1. The lowest BCUT2D eigenvalue weighted by Gasteiger charge is -2.35. The van der Waals surface area contributed by atoms with E-state index in [1.807, 2.05) is 31.5 Å². The molecule has 0 radical (unpaired) electrons. The maximum Gasteiger partial charge on any atom is 0.130 e. The zero-order valence-electron chi connectivity index (χ0n) is 18.2. The highest BCUT2D eigenvalue weighted by molar-refractivity contribution is 6.33. The van der Waals surface area contributed by atoms with Gasteiger partial charge >= 0.3 is 0 Å². The fourth-order valence-electron chi connectivity index (χ4n) is 3.85. The molecule has 6 heteroatoms. The van der Waals surface area contributed by atoms with Crippen LogP contribution in [0.4, 0.5) is 5.69 Å². The fraction of sp³-hybridized carbons (Fsp3) is 0.417. The van der Waals surface area contributed by atoms with Crippen molar-refractivity contribution in [1.29, 1.82) is 0 Å². The van der Waals surface area contributed by atoms with Gasteiger partial charge in [-0.2, -0.15) is 0 Å². The Balaban J connectivity index is 2.04. The molecule has 1 aromatic rings. The van der Waals surface area contributed by atoms with Crippen molar-refractivity contribution in [2.45, 2.75) is 26.3 Å². The van der Waals surface area contributed by atoms with Crippen LogP contribution < -0.4 is 9.64 Å². The number of methoxy groups -OCH3 is 1. The highest BCUT2D eigenvalue weighted by atomic mass is 35.5. The van der Waals surface area contributed by atoms with E-state index in [1.54, 1.807) is 7.11 Å². The van der Waals surface area contributed by atoms with Crippen LogP contribution in [-0.2, 0) is 4.74 Å². The maximum absolute atomic E-state index is 10.0. The molecule has 0 fully saturated rings. The first-order chi connectivity index (χ1) is 14.2. The first-order valence-corrected chi connectivity index (χ1v) is 10.6. The quantitative estimate of drug-likeness (QED) is 0.463. The van der Waals surface area contributed by atoms with Gasteiger partial charge in [0.25, 0.3) is 0 Å². The Labute approximate surface area is 184 Å². The predicted octanol–water partition coefficient (Wildman–Crippen LogP) is 5.40. The summed E-state index contributed by atoms with van der Waals surface area (Å²) in [4.78, 5) is 4.27. The molecule has 0 amide bonds. The first-order valence-electron chi connectivity index (χ1n) is 10.2. The van der Waals surface area contributed by atoms with E-state index in [4.69, 9.17) is 21.1 Å². The van der Waals surface area contributed by atoms with Gasteiger partial charge in [0.05, 0.1) is 22.4 Å². The van der Waals surface area contributed by atoms with E-state index in [-0.39, 0.29) is 11.8 Å². The Bertz CT molecular complexity index is 904. The number of fused-ring (bicyclic) bond motifs is 3. The summed E-state index contributed by atoms with van der Waals surface area (Å²) >= 11 is 6.70. The number of anilines is 1. The third-order valence-corrected chi connectivity index (χ3v) is 5.93. The Kier molecular flexibility index (Phi) is 6.84. The Hall–Kier alpha value is -2.37. The molecule has 0 bridgehead atoms. The summed E-state index contributed by atoms with van der Waals surface area (Å²) in [6.45, 7) is 14.2.